The van der Waals surface area contributed by atoms with Crippen LogP contribution >= 0.6 is 11.8 Å². The molecule has 2 aromatic rings. The minimum atomic E-state index is -0.192. The van der Waals surface area contributed by atoms with E-state index in [1.165, 1.54) is 22.9 Å². The number of carbonyl (C=O) groups is 1. The summed E-state index contributed by atoms with van der Waals surface area (Å²) in [4.78, 5) is 13.7. The SMILES string of the molecule is COc1ccc(SC(C)C(=O)NC2CCCc3ccccc32)cc1OC. The molecule has 26 heavy (non-hydrogen) atoms. The molecule has 0 aromatic heterocycles. The molecule has 0 aliphatic heterocycles. The number of hydrogen-bond donors (Lipinski definition) is 1. The van der Waals surface area contributed by atoms with Crippen molar-refractivity contribution in [3.63, 3.8) is 0 Å². The summed E-state index contributed by atoms with van der Waals surface area (Å²) < 4.78 is 10.6. The van der Waals surface area contributed by atoms with E-state index >= 15 is 0 Å². The Labute approximate surface area is 159 Å². The van der Waals surface area contributed by atoms with Gasteiger partial charge >= 0.3 is 0 Å². The quantitative estimate of drug-likeness (QED) is 0.766. The van der Waals surface area contributed by atoms with Crippen molar-refractivity contribution in [3.8, 4) is 11.5 Å². The smallest absolute Gasteiger partial charge is 0.233 e. The molecule has 5 heteroatoms. The highest BCUT2D eigenvalue weighted by atomic mass is 32.2. The number of hydrogen-bond acceptors (Lipinski definition) is 4. The highest BCUT2D eigenvalue weighted by Crippen LogP contribution is 2.34. The number of ether oxygens (including phenoxy) is 2. The van der Waals surface area contributed by atoms with Crippen molar-refractivity contribution in [2.24, 2.45) is 0 Å². The summed E-state index contributed by atoms with van der Waals surface area (Å²) in [5.41, 5.74) is 2.61. The van der Waals surface area contributed by atoms with Crippen LogP contribution in [0.25, 0.3) is 0 Å². The summed E-state index contributed by atoms with van der Waals surface area (Å²) in [5.74, 6) is 1.42. The molecule has 0 saturated heterocycles. The van der Waals surface area contributed by atoms with Crippen molar-refractivity contribution in [2.45, 2.75) is 42.4 Å². The van der Waals surface area contributed by atoms with E-state index in [9.17, 15) is 4.79 Å². The Balaban J connectivity index is 1.66. The lowest BCUT2D eigenvalue weighted by atomic mass is 9.88. The van der Waals surface area contributed by atoms with Crippen LogP contribution in [0, 0.1) is 0 Å². The van der Waals surface area contributed by atoms with Gasteiger partial charge in [0.2, 0.25) is 5.91 Å². The molecule has 138 valence electrons. The van der Waals surface area contributed by atoms with Crippen LogP contribution in [0.15, 0.2) is 47.4 Å². The number of benzene rings is 2. The standard InChI is InChI=1S/C21H25NO3S/c1-14(26-16-11-12-19(24-2)20(13-16)25-3)21(23)22-18-10-6-8-15-7-4-5-9-17(15)18/h4-5,7,9,11-14,18H,6,8,10H2,1-3H3,(H,22,23). The van der Waals surface area contributed by atoms with Crippen molar-refractivity contribution in [1.29, 1.82) is 0 Å². The summed E-state index contributed by atoms with van der Waals surface area (Å²) in [5, 5.41) is 3.04. The van der Waals surface area contributed by atoms with Crippen molar-refractivity contribution in [3.05, 3.63) is 53.6 Å². The number of amides is 1. The Hall–Kier alpha value is -2.14. The fraction of sp³-hybridized carbons (Fsp3) is 0.381. The topological polar surface area (TPSA) is 47.6 Å². The molecule has 0 spiro atoms. The van der Waals surface area contributed by atoms with E-state index in [1.54, 1.807) is 14.2 Å². The van der Waals surface area contributed by atoms with Gasteiger partial charge in [-0.3, -0.25) is 4.79 Å². The van der Waals surface area contributed by atoms with Crippen molar-refractivity contribution < 1.29 is 14.3 Å². The first-order chi connectivity index (χ1) is 12.6. The number of nitrogens with one attached hydrogen (secondary N) is 1. The van der Waals surface area contributed by atoms with Gasteiger partial charge in [-0.05, 0) is 55.5 Å². The van der Waals surface area contributed by atoms with E-state index in [0.717, 1.165) is 24.2 Å². The second-order valence-electron chi connectivity index (χ2n) is 6.43. The minimum Gasteiger partial charge on any atom is -0.493 e. The van der Waals surface area contributed by atoms with Gasteiger partial charge in [0.25, 0.3) is 0 Å². The van der Waals surface area contributed by atoms with Gasteiger partial charge in [-0.15, -0.1) is 11.8 Å². The molecule has 1 aliphatic carbocycles. The van der Waals surface area contributed by atoms with Gasteiger partial charge in [-0.25, -0.2) is 0 Å². The summed E-state index contributed by atoms with van der Waals surface area (Å²) in [7, 11) is 3.23. The van der Waals surface area contributed by atoms with E-state index in [-0.39, 0.29) is 17.2 Å². The zero-order chi connectivity index (χ0) is 18.5. The maximum absolute atomic E-state index is 12.7. The summed E-state index contributed by atoms with van der Waals surface area (Å²) in [6.45, 7) is 1.94. The van der Waals surface area contributed by atoms with E-state index in [1.807, 2.05) is 31.2 Å². The molecule has 1 amide bonds. The van der Waals surface area contributed by atoms with Crippen LogP contribution in [-0.4, -0.2) is 25.4 Å². The first-order valence-corrected chi connectivity index (χ1v) is 9.77. The van der Waals surface area contributed by atoms with Crippen LogP contribution in [0.1, 0.15) is 36.9 Å². The predicted octanol–water partition coefficient (Wildman–Crippen LogP) is 4.38. The first kappa shape index (κ1) is 18.6. The highest BCUT2D eigenvalue weighted by molar-refractivity contribution is 8.00. The maximum Gasteiger partial charge on any atom is 0.233 e. The molecular weight excluding hydrogens is 346 g/mol. The predicted molar refractivity (Wildman–Crippen MR) is 105 cm³/mol. The Morgan fingerprint density at radius 3 is 2.69 bits per heavy atom. The van der Waals surface area contributed by atoms with Crippen LogP contribution in [0.5, 0.6) is 11.5 Å². The number of methoxy groups -OCH3 is 2. The fourth-order valence-corrected chi connectivity index (χ4v) is 4.25. The molecule has 0 saturated carbocycles. The van der Waals surface area contributed by atoms with Crippen LogP contribution in [0.3, 0.4) is 0 Å². The molecule has 0 radical (unpaired) electrons. The highest BCUT2D eigenvalue weighted by Gasteiger charge is 2.24. The third-order valence-electron chi connectivity index (χ3n) is 4.72. The van der Waals surface area contributed by atoms with Crippen LogP contribution in [-0.2, 0) is 11.2 Å². The van der Waals surface area contributed by atoms with Crippen LogP contribution < -0.4 is 14.8 Å². The summed E-state index contributed by atoms with van der Waals surface area (Å²) in [6, 6.07) is 14.2. The third-order valence-corrected chi connectivity index (χ3v) is 5.82. The number of fused-ring (bicyclic) bond motifs is 1. The normalized spacial score (nSPS) is 17.1. The Morgan fingerprint density at radius 1 is 1.15 bits per heavy atom. The zero-order valence-corrected chi connectivity index (χ0v) is 16.3. The molecule has 0 fully saturated rings. The number of thioether (sulfide) groups is 1. The Bertz CT molecular complexity index is 778. The van der Waals surface area contributed by atoms with Gasteiger partial charge in [-0.1, -0.05) is 24.3 Å². The second-order valence-corrected chi connectivity index (χ2v) is 7.84. The lowest BCUT2D eigenvalue weighted by Crippen LogP contribution is -2.35. The molecule has 2 unspecified atom stereocenters. The molecule has 2 aromatic carbocycles. The monoisotopic (exact) mass is 371 g/mol. The fourth-order valence-electron chi connectivity index (χ4n) is 3.34. The zero-order valence-electron chi connectivity index (χ0n) is 15.5. The van der Waals surface area contributed by atoms with E-state index in [2.05, 4.69) is 23.5 Å². The van der Waals surface area contributed by atoms with Gasteiger partial charge in [0.15, 0.2) is 11.5 Å². The lowest BCUT2D eigenvalue weighted by molar-refractivity contribution is -0.121. The average molecular weight is 372 g/mol. The van der Waals surface area contributed by atoms with E-state index < -0.39 is 0 Å². The van der Waals surface area contributed by atoms with Gasteiger partial charge in [0.05, 0.1) is 25.5 Å². The first-order valence-electron chi connectivity index (χ1n) is 8.89. The van der Waals surface area contributed by atoms with E-state index in [0.29, 0.717) is 11.5 Å². The van der Waals surface area contributed by atoms with Gasteiger partial charge in [0.1, 0.15) is 0 Å². The van der Waals surface area contributed by atoms with Crippen LogP contribution in [0.4, 0.5) is 0 Å². The summed E-state index contributed by atoms with van der Waals surface area (Å²) >= 11 is 1.52. The molecule has 1 aliphatic rings. The Morgan fingerprint density at radius 2 is 1.92 bits per heavy atom. The molecule has 4 nitrogen and oxygen atoms in total. The van der Waals surface area contributed by atoms with Crippen LogP contribution in [0.2, 0.25) is 0 Å². The maximum atomic E-state index is 12.7. The Kier molecular flexibility index (Phi) is 6.09. The van der Waals surface area contributed by atoms with Gasteiger partial charge in [-0.2, -0.15) is 0 Å². The van der Waals surface area contributed by atoms with Gasteiger partial charge in [0, 0.05) is 4.90 Å². The molecular formula is C21H25NO3S. The van der Waals surface area contributed by atoms with Crippen molar-refractivity contribution in [2.75, 3.05) is 14.2 Å². The molecule has 2 atom stereocenters. The van der Waals surface area contributed by atoms with Gasteiger partial charge < -0.3 is 14.8 Å². The molecule has 3 rings (SSSR count). The minimum absolute atomic E-state index is 0.0616. The number of carbonyl (C=O) groups excluding carboxylic acids is 1. The van der Waals surface area contributed by atoms with Crippen molar-refractivity contribution in [1.82, 2.24) is 5.32 Å². The lowest BCUT2D eigenvalue weighted by Gasteiger charge is -2.27. The second kappa shape index (κ2) is 8.49. The largest absolute Gasteiger partial charge is 0.493 e. The molecule has 0 heterocycles. The number of aryl methyl sites for hydroxylation is 1. The average Bonchev–Trinajstić information content (AvgIpc) is 2.68. The molecule has 1 N–H and O–H groups in total. The van der Waals surface area contributed by atoms with Crippen molar-refractivity contribution >= 4 is 17.7 Å². The third kappa shape index (κ3) is 4.15. The summed E-state index contributed by atoms with van der Waals surface area (Å²) in [6.07, 6.45) is 3.20. The number of rotatable bonds is 6. The van der Waals surface area contributed by atoms with E-state index in [4.69, 9.17) is 9.47 Å². The molecule has 0 bridgehead atoms.